The minimum absolute atomic E-state index is 1.08. The van der Waals surface area contributed by atoms with Crippen LogP contribution in [-0.4, -0.2) is 0 Å². The molecule has 13 heavy (non-hydrogen) atoms. The molecule has 0 heterocycles. The van der Waals surface area contributed by atoms with Gasteiger partial charge in [0.1, 0.15) is 0 Å². The van der Waals surface area contributed by atoms with E-state index >= 15 is 0 Å². The SMILES string of the molecule is C=CC=CC(C(=C)C)=C(C)C=CC. The highest BCUT2D eigenvalue weighted by Crippen LogP contribution is 2.15. The Morgan fingerprint density at radius 1 is 1.15 bits per heavy atom. The van der Waals surface area contributed by atoms with Crippen LogP contribution in [0.15, 0.2) is 60.3 Å². The van der Waals surface area contributed by atoms with E-state index in [1.807, 2.05) is 32.1 Å². The predicted molar refractivity (Wildman–Crippen MR) is 61.7 cm³/mol. The lowest BCUT2D eigenvalue weighted by Crippen LogP contribution is -1.83. The minimum Gasteiger partial charge on any atom is -0.0991 e. The summed E-state index contributed by atoms with van der Waals surface area (Å²) in [5.74, 6) is 0. The van der Waals surface area contributed by atoms with Crippen molar-refractivity contribution in [2.45, 2.75) is 20.8 Å². The summed E-state index contributed by atoms with van der Waals surface area (Å²) in [6, 6.07) is 0. The summed E-state index contributed by atoms with van der Waals surface area (Å²) in [7, 11) is 0. The molecule has 0 aromatic carbocycles. The van der Waals surface area contributed by atoms with E-state index in [1.54, 1.807) is 6.08 Å². The van der Waals surface area contributed by atoms with E-state index < -0.39 is 0 Å². The molecule has 0 atom stereocenters. The average Bonchev–Trinajstić information content (AvgIpc) is 2.05. The van der Waals surface area contributed by atoms with Crippen molar-refractivity contribution >= 4 is 0 Å². The third-order valence-corrected chi connectivity index (χ3v) is 1.70. The van der Waals surface area contributed by atoms with Crippen LogP contribution in [0.2, 0.25) is 0 Å². The standard InChI is InChI=1S/C13H18/c1-6-8-10-13(11(3)4)12(5)9-7-2/h6-10H,1,3H2,2,4-5H3. The predicted octanol–water partition coefficient (Wildman–Crippen LogP) is 4.20. The third kappa shape index (κ3) is 4.32. The van der Waals surface area contributed by atoms with Crippen molar-refractivity contribution in [2.24, 2.45) is 0 Å². The Bertz CT molecular complexity index is 272. The first-order valence-corrected chi connectivity index (χ1v) is 4.42. The molecule has 0 aliphatic heterocycles. The molecule has 0 saturated carbocycles. The molecular formula is C13H18. The van der Waals surface area contributed by atoms with Crippen molar-refractivity contribution < 1.29 is 0 Å². The van der Waals surface area contributed by atoms with Gasteiger partial charge in [-0.2, -0.15) is 0 Å². The number of rotatable bonds is 4. The van der Waals surface area contributed by atoms with E-state index in [-0.39, 0.29) is 0 Å². The van der Waals surface area contributed by atoms with Crippen LogP contribution in [-0.2, 0) is 0 Å². The van der Waals surface area contributed by atoms with E-state index in [9.17, 15) is 0 Å². The first-order valence-electron chi connectivity index (χ1n) is 4.42. The molecule has 0 aromatic heterocycles. The van der Waals surface area contributed by atoms with Crippen LogP contribution >= 0.6 is 0 Å². The molecule has 0 saturated heterocycles. The van der Waals surface area contributed by atoms with Crippen LogP contribution in [0.3, 0.4) is 0 Å². The van der Waals surface area contributed by atoms with Gasteiger partial charge in [0, 0.05) is 0 Å². The van der Waals surface area contributed by atoms with Gasteiger partial charge in [-0.05, 0) is 31.9 Å². The van der Waals surface area contributed by atoms with Gasteiger partial charge in [-0.15, -0.1) is 0 Å². The molecule has 0 aromatic rings. The summed E-state index contributed by atoms with van der Waals surface area (Å²) in [6.45, 7) is 13.7. The Morgan fingerprint density at radius 3 is 2.15 bits per heavy atom. The van der Waals surface area contributed by atoms with Crippen LogP contribution in [0, 0.1) is 0 Å². The van der Waals surface area contributed by atoms with Crippen LogP contribution in [0.25, 0.3) is 0 Å². The fourth-order valence-electron chi connectivity index (χ4n) is 1.11. The van der Waals surface area contributed by atoms with Crippen LogP contribution in [0.5, 0.6) is 0 Å². The van der Waals surface area contributed by atoms with Gasteiger partial charge in [-0.25, -0.2) is 0 Å². The Kier molecular flexibility index (Phi) is 5.62. The minimum atomic E-state index is 1.08. The van der Waals surface area contributed by atoms with E-state index in [0.717, 1.165) is 5.57 Å². The highest BCUT2D eigenvalue weighted by atomic mass is 14.0. The molecule has 0 spiro atoms. The Morgan fingerprint density at radius 2 is 1.77 bits per heavy atom. The molecule has 0 heteroatoms. The van der Waals surface area contributed by atoms with E-state index in [1.165, 1.54) is 11.1 Å². The van der Waals surface area contributed by atoms with Crippen molar-refractivity contribution in [3.63, 3.8) is 0 Å². The zero-order valence-electron chi connectivity index (χ0n) is 8.80. The monoisotopic (exact) mass is 174 g/mol. The summed E-state index contributed by atoms with van der Waals surface area (Å²) < 4.78 is 0. The maximum atomic E-state index is 3.93. The Labute approximate surface area is 81.7 Å². The van der Waals surface area contributed by atoms with E-state index in [0.29, 0.717) is 0 Å². The van der Waals surface area contributed by atoms with E-state index in [4.69, 9.17) is 0 Å². The third-order valence-electron chi connectivity index (χ3n) is 1.70. The second kappa shape index (κ2) is 6.24. The van der Waals surface area contributed by atoms with Gasteiger partial charge in [0.15, 0.2) is 0 Å². The highest BCUT2D eigenvalue weighted by Gasteiger charge is 1.95. The van der Waals surface area contributed by atoms with Crippen molar-refractivity contribution in [3.05, 3.63) is 60.3 Å². The highest BCUT2D eigenvalue weighted by molar-refractivity contribution is 5.44. The summed E-state index contributed by atoms with van der Waals surface area (Å²) in [5, 5.41) is 0. The molecule has 0 aliphatic carbocycles. The Hall–Kier alpha value is -1.30. The molecule has 0 radical (unpaired) electrons. The first kappa shape index (κ1) is 11.7. The zero-order chi connectivity index (χ0) is 10.3. The molecule has 0 nitrogen and oxygen atoms in total. The van der Waals surface area contributed by atoms with Gasteiger partial charge < -0.3 is 0 Å². The van der Waals surface area contributed by atoms with E-state index in [2.05, 4.69) is 26.2 Å². The Balaban J connectivity index is 4.98. The molecule has 0 aliphatic rings. The number of allylic oxidation sites excluding steroid dienone is 8. The van der Waals surface area contributed by atoms with Gasteiger partial charge in [-0.3, -0.25) is 0 Å². The molecule has 0 fully saturated rings. The maximum Gasteiger partial charge on any atom is -0.0204 e. The first-order chi connectivity index (χ1) is 6.13. The lowest BCUT2D eigenvalue weighted by molar-refractivity contribution is 1.35. The van der Waals surface area contributed by atoms with Gasteiger partial charge >= 0.3 is 0 Å². The zero-order valence-corrected chi connectivity index (χ0v) is 8.80. The number of hydrogen-bond acceptors (Lipinski definition) is 0. The van der Waals surface area contributed by atoms with Gasteiger partial charge in [0.2, 0.25) is 0 Å². The van der Waals surface area contributed by atoms with Gasteiger partial charge in [0.05, 0.1) is 0 Å². The molecule has 0 unspecified atom stereocenters. The summed E-state index contributed by atoms with van der Waals surface area (Å²) >= 11 is 0. The summed E-state index contributed by atoms with van der Waals surface area (Å²) in [6.07, 6.45) is 9.84. The van der Waals surface area contributed by atoms with Crippen LogP contribution < -0.4 is 0 Å². The average molecular weight is 174 g/mol. The van der Waals surface area contributed by atoms with Crippen LogP contribution in [0.1, 0.15) is 20.8 Å². The van der Waals surface area contributed by atoms with Crippen LogP contribution in [0.4, 0.5) is 0 Å². The van der Waals surface area contributed by atoms with Crippen molar-refractivity contribution in [1.82, 2.24) is 0 Å². The molecule has 0 rings (SSSR count). The van der Waals surface area contributed by atoms with Crippen molar-refractivity contribution in [1.29, 1.82) is 0 Å². The molecule has 0 N–H and O–H groups in total. The van der Waals surface area contributed by atoms with Gasteiger partial charge in [-0.1, -0.05) is 49.1 Å². The topological polar surface area (TPSA) is 0 Å². The fraction of sp³-hybridized carbons (Fsp3) is 0.231. The molecule has 0 amide bonds. The second-order valence-corrected chi connectivity index (χ2v) is 2.97. The van der Waals surface area contributed by atoms with Crippen molar-refractivity contribution in [3.8, 4) is 0 Å². The second-order valence-electron chi connectivity index (χ2n) is 2.97. The lowest BCUT2D eigenvalue weighted by Gasteiger charge is -2.03. The van der Waals surface area contributed by atoms with Crippen molar-refractivity contribution in [2.75, 3.05) is 0 Å². The molecule has 0 bridgehead atoms. The normalized spacial score (nSPS) is 13.5. The smallest absolute Gasteiger partial charge is 0.0204 e. The van der Waals surface area contributed by atoms with Gasteiger partial charge in [0.25, 0.3) is 0 Å². The summed E-state index contributed by atoms with van der Waals surface area (Å²) in [4.78, 5) is 0. The fourth-order valence-corrected chi connectivity index (χ4v) is 1.11. The molecule has 70 valence electrons. The molecular weight excluding hydrogens is 156 g/mol. The quantitative estimate of drug-likeness (QED) is 0.560. The maximum absolute atomic E-state index is 3.93. The lowest BCUT2D eigenvalue weighted by atomic mass is 10.0. The number of hydrogen-bond donors (Lipinski definition) is 0. The largest absolute Gasteiger partial charge is 0.0991 e. The summed E-state index contributed by atoms with van der Waals surface area (Å²) in [5.41, 5.74) is 3.49.